The van der Waals surface area contributed by atoms with Gasteiger partial charge in [-0.25, -0.2) is 0 Å². The molecule has 0 bridgehead atoms. The fraction of sp³-hybridized carbons (Fsp3) is 0.280. The van der Waals surface area contributed by atoms with Gasteiger partial charge < -0.3 is 0 Å². The number of aliphatic imine (C=N–C) groups is 2. The van der Waals surface area contributed by atoms with Gasteiger partial charge in [0.1, 0.15) is 6.04 Å². The number of rotatable bonds is 1. The van der Waals surface area contributed by atoms with Gasteiger partial charge in [0.25, 0.3) is 0 Å². The summed E-state index contributed by atoms with van der Waals surface area (Å²) in [5.74, 6) is 0. The van der Waals surface area contributed by atoms with Crippen LogP contribution in [0.2, 0.25) is 0 Å². The lowest BCUT2D eigenvalue weighted by atomic mass is 9.79. The second-order valence-electron chi connectivity index (χ2n) is 8.45. The molecule has 2 nitrogen and oxygen atoms in total. The van der Waals surface area contributed by atoms with Gasteiger partial charge in [0, 0.05) is 17.8 Å². The maximum Gasteiger partial charge on any atom is 0.102 e. The highest BCUT2D eigenvalue weighted by molar-refractivity contribution is 6.17. The lowest BCUT2D eigenvalue weighted by molar-refractivity contribution is 0.658. The van der Waals surface area contributed by atoms with Crippen molar-refractivity contribution in [3.8, 4) is 11.1 Å². The molecule has 0 radical (unpaired) electrons. The van der Waals surface area contributed by atoms with E-state index in [0.717, 1.165) is 0 Å². The summed E-state index contributed by atoms with van der Waals surface area (Å²) in [4.78, 5) is 9.43. The van der Waals surface area contributed by atoms with E-state index in [0.29, 0.717) is 0 Å². The largest absolute Gasteiger partial charge is 0.281 e. The lowest BCUT2D eigenvalue weighted by Gasteiger charge is -2.30. The van der Waals surface area contributed by atoms with Gasteiger partial charge in [-0.1, -0.05) is 61.9 Å². The van der Waals surface area contributed by atoms with Gasteiger partial charge in [0.05, 0.1) is 6.04 Å². The average molecular weight is 352 g/mol. The van der Waals surface area contributed by atoms with Gasteiger partial charge in [-0.15, -0.1) is 0 Å². The summed E-state index contributed by atoms with van der Waals surface area (Å²) in [6.45, 7) is 9.00. The van der Waals surface area contributed by atoms with Gasteiger partial charge in [0.15, 0.2) is 0 Å². The lowest BCUT2D eigenvalue weighted by Crippen LogP contribution is -2.30. The molecule has 2 heteroatoms. The normalized spacial score (nSPS) is 24.0. The molecule has 27 heavy (non-hydrogen) atoms. The summed E-state index contributed by atoms with van der Waals surface area (Å²) in [6, 6.07) is 14.0. The van der Waals surface area contributed by atoms with Crippen molar-refractivity contribution >= 4 is 18.0 Å². The highest BCUT2D eigenvalue weighted by atomic mass is 14.9. The minimum absolute atomic E-state index is 0.0149. The van der Waals surface area contributed by atoms with Crippen LogP contribution in [0.15, 0.2) is 64.1 Å². The Bertz CT molecular complexity index is 1080. The molecule has 5 rings (SSSR count). The van der Waals surface area contributed by atoms with Crippen molar-refractivity contribution in [3.63, 3.8) is 0 Å². The van der Waals surface area contributed by atoms with E-state index in [4.69, 9.17) is 4.99 Å². The zero-order chi connectivity index (χ0) is 18.8. The SMILES string of the molecule is CC1=CC=C(c2ccc3c(c2)C(C)(C)c2cc(C)ccc2-3)C2N=CC=NC12. The Labute approximate surface area is 161 Å². The molecule has 0 aromatic heterocycles. The number of aryl methyl sites for hydroxylation is 1. The third-order valence-corrected chi connectivity index (χ3v) is 6.33. The summed E-state index contributed by atoms with van der Waals surface area (Å²) < 4.78 is 0. The first-order valence-corrected chi connectivity index (χ1v) is 9.66. The zero-order valence-electron chi connectivity index (χ0n) is 16.3. The monoisotopic (exact) mass is 352 g/mol. The first-order chi connectivity index (χ1) is 13.0. The molecule has 0 saturated heterocycles. The van der Waals surface area contributed by atoms with Gasteiger partial charge in [-0.2, -0.15) is 0 Å². The van der Waals surface area contributed by atoms with Crippen molar-refractivity contribution in [1.29, 1.82) is 0 Å². The molecule has 2 aliphatic carbocycles. The fourth-order valence-corrected chi connectivity index (χ4v) is 4.76. The number of benzene rings is 2. The van der Waals surface area contributed by atoms with E-state index >= 15 is 0 Å². The van der Waals surface area contributed by atoms with Gasteiger partial charge >= 0.3 is 0 Å². The van der Waals surface area contributed by atoms with Crippen LogP contribution in [0, 0.1) is 6.92 Å². The smallest absolute Gasteiger partial charge is 0.102 e. The Morgan fingerprint density at radius 1 is 0.778 bits per heavy atom. The Morgan fingerprint density at radius 2 is 1.44 bits per heavy atom. The fourth-order valence-electron chi connectivity index (χ4n) is 4.76. The first-order valence-electron chi connectivity index (χ1n) is 9.66. The Hall–Kier alpha value is -2.74. The molecule has 0 spiro atoms. The number of nitrogens with zero attached hydrogens (tertiary/aromatic N) is 2. The second-order valence-corrected chi connectivity index (χ2v) is 8.45. The summed E-state index contributed by atoms with van der Waals surface area (Å²) in [5, 5.41) is 0. The van der Waals surface area contributed by atoms with Crippen LogP contribution in [0.5, 0.6) is 0 Å². The topological polar surface area (TPSA) is 24.7 Å². The van der Waals surface area contributed by atoms with Crippen LogP contribution in [0.1, 0.15) is 43.0 Å². The highest BCUT2D eigenvalue weighted by Gasteiger charge is 2.36. The molecule has 0 fully saturated rings. The van der Waals surface area contributed by atoms with E-state index in [2.05, 4.69) is 81.2 Å². The molecular formula is C25H24N2. The molecule has 1 aliphatic heterocycles. The van der Waals surface area contributed by atoms with Crippen molar-refractivity contribution in [2.45, 2.75) is 45.2 Å². The van der Waals surface area contributed by atoms with Crippen LogP contribution in [0.25, 0.3) is 16.7 Å². The Morgan fingerprint density at radius 3 is 2.22 bits per heavy atom. The molecule has 2 unspecified atom stereocenters. The van der Waals surface area contributed by atoms with Crippen molar-refractivity contribution in [2.75, 3.05) is 0 Å². The maximum atomic E-state index is 4.76. The van der Waals surface area contributed by atoms with Gasteiger partial charge in [-0.05, 0) is 58.9 Å². The summed E-state index contributed by atoms with van der Waals surface area (Å²) in [5.41, 5.74) is 10.7. The number of allylic oxidation sites excluding steroid dienone is 2. The number of hydrogen-bond donors (Lipinski definition) is 0. The number of hydrogen-bond acceptors (Lipinski definition) is 2. The Kier molecular flexibility index (Phi) is 3.42. The second kappa shape index (κ2) is 5.63. The van der Waals surface area contributed by atoms with E-state index in [1.807, 2.05) is 12.4 Å². The van der Waals surface area contributed by atoms with Crippen LogP contribution in [-0.2, 0) is 5.41 Å². The first kappa shape index (κ1) is 16.4. The summed E-state index contributed by atoms with van der Waals surface area (Å²) in [6.07, 6.45) is 8.09. The van der Waals surface area contributed by atoms with E-state index in [1.165, 1.54) is 44.5 Å². The van der Waals surface area contributed by atoms with E-state index in [9.17, 15) is 0 Å². The molecule has 0 saturated carbocycles. The average Bonchev–Trinajstić information content (AvgIpc) is 2.89. The highest BCUT2D eigenvalue weighted by Crippen LogP contribution is 2.50. The third-order valence-electron chi connectivity index (χ3n) is 6.33. The van der Waals surface area contributed by atoms with Gasteiger partial charge in [0.2, 0.25) is 0 Å². The molecule has 2 aromatic rings. The minimum Gasteiger partial charge on any atom is -0.281 e. The van der Waals surface area contributed by atoms with Crippen molar-refractivity contribution in [1.82, 2.24) is 0 Å². The molecule has 0 amide bonds. The van der Waals surface area contributed by atoms with Gasteiger partial charge in [-0.3, -0.25) is 9.98 Å². The standard InChI is InChI=1S/C25H24N2/c1-15-5-8-19-20-10-7-17(14-22(20)25(3,4)21(19)13-15)18-9-6-16(2)23-24(18)27-12-11-26-23/h5-14,23-24H,1-4H3. The third kappa shape index (κ3) is 2.32. The predicted octanol–water partition coefficient (Wildman–Crippen LogP) is 5.54. The molecule has 134 valence electrons. The molecule has 3 aliphatic rings. The molecular weight excluding hydrogens is 328 g/mol. The van der Waals surface area contributed by atoms with E-state index in [-0.39, 0.29) is 17.5 Å². The van der Waals surface area contributed by atoms with Crippen molar-refractivity contribution in [3.05, 3.63) is 76.4 Å². The molecule has 2 aromatic carbocycles. The minimum atomic E-state index is 0.0149. The predicted molar refractivity (Wildman–Crippen MR) is 115 cm³/mol. The van der Waals surface area contributed by atoms with E-state index < -0.39 is 0 Å². The maximum absolute atomic E-state index is 4.76. The van der Waals surface area contributed by atoms with Crippen LogP contribution < -0.4 is 0 Å². The summed E-state index contributed by atoms with van der Waals surface area (Å²) >= 11 is 0. The zero-order valence-corrected chi connectivity index (χ0v) is 16.3. The Balaban J connectivity index is 1.65. The molecule has 2 atom stereocenters. The van der Waals surface area contributed by atoms with E-state index in [1.54, 1.807) is 0 Å². The summed E-state index contributed by atoms with van der Waals surface area (Å²) in [7, 11) is 0. The van der Waals surface area contributed by atoms with Crippen molar-refractivity contribution < 1.29 is 0 Å². The molecule has 1 heterocycles. The van der Waals surface area contributed by atoms with Crippen LogP contribution >= 0.6 is 0 Å². The molecule has 0 N–H and O–H groups in total. The number of fused-ring (bicyclic) bond motifs is 4. The van der Waals surface area contributed by atoms with Crippen molar-refractivity contribution in [2.24, 2.45) is 9.98 Å². The van der Waals surface area contributed by atoms with Crippen LogP contribution in [0.4, 0.5) is 0 Å². The van der Waals surface area contributed by atoms with Crippen LogP contribution in [-0.4, -0.2) is 24.5 Å². The van der Waals surface area contributed by atoms with Crippen LogP contribution in [0.3, 0.4) is 0 Å². The quantitative estimate of drug-likeness (QED) is 0.644.